The Morgan fingerprint density at radius 1 is 0.800 bits per heavy atom. The molecule has 0 heterocycles. The summed E-state index contributed by atoms with van der Waals surface area (Å²) in [5, 5.41) is 0. The summed E-state index contributed by atoms with van der Waals surface area (Å²) in [4.78, 5) is 0. The minimum atomic E-state index is 0.500. The van der Waals surface area contributed by atoms with Crippen LogP contribution in [0.2, 0.25) is 0 Å². The van der Waals surface area contributed by atoms with Gasteiger partial charge in [0.15, 0.2) is 0 Å². The third-order valence-electron chi connectivity index (χ3n) is 8.04. The Morgan fingerprint density at radius 2 is 1.40 bits per heavy atom. The van der Waals surface area contributed by atoms with Crippen LogP contribution in [0.3, 0.4) is 0 Å². The van der Waals surface area contributed by atoms with Crippen molar-refractivity contribution in [2.24, 2.45) is 17.3 Å². The van der Waals surface area contributed by atoms with Crippen LogP contribution in [0.1, 0.15) is 46.0 Å². The second kappa shape index (κ2) is 3.63. The first-order valence-corrected chi connectivity index (χ1v) is 8.48. The molecule has 4 fully saturated rings. The van der Waals surface area contributed by atoms with Crippen molar-refractivity contribution in [1.29, 1.82) is 0 Å². The van der Waals surface area contributed by atoms with Crippen molar-refractivity contribution < 1.29 is 8.97 Å². The van der Waals surface area contributed by atoms with Gasteiger partial charge in [-0.15, -0.1) is 0 Å². The van der Waals surface area contributed by atoms with Gasteiger partial charge in [0.25, 0.3) is 0 Å². The lowest BCUT2D eigenvalue weighted by Gasteiger charge is -2.72. The molecule has 2 nitrogen and oxygen atoms in total. The Morgan fingerprint density at radius 3 is 1.90 bits per heavy atom. The molecule has 116 valence electrons. The van der Waals surface area contributed by atoms with Crippen molar-refractivity contribution in [3.8, 4) is 0 Å². The molecule has 0 aliphatic heterocycles. The van der Waals surface area contributed by atoms with Gasteiger partial charge in [-0.05, 0) is 17.8 Å². The molecule has 0 radical (unpaired) electrons. The van der Waals surface area contributed by atoms with Crippen LogP contribution in [0.15, 0.2) is 0 Å². The molecule has 5 atom stereocenters. The lowest BCUT2D eigenvalue weighted by atomic mass is 9.39. The molecule has 1 unspecified atom stereocenters. The van der Waals surface area contributed by atoms with Crippen molar-refractivity contribution in [1.82, 2.24) is 0 Å². The van der Waals surface area contributed by atoms with E-state index < -0.39 is 0 Å². The van der Waals surface area contributed by atoms with Gasteiger partial charge >= 0.3 is 0 Å². The van der Waals surface area contributed by atoms with Crippen molar-refractivity contribution in [3.63, 3.8) is 0 Å². The molecule has 0 aromatic rings. The van der Waals surface area contributed by atoms with Crippen molar-refractivity contribution in [3.05, 3.63) is 0 Å². The van der Waals surface area contributed by atoms with Crippen LogP contribution in [-0.2, 0) is 0 Å². The topological polar surface area (TPSA) is 0 Å². The lowest BCUT2D eigenvalue weighted by molar-refractivity contribution is -0.968. The van der Waals surface area contributed by atoms with Gasteiger partial charge in [-0.3, -0.25) is 0 Å². The third kappa shape index (κ3) is 1.58. The molecule has 0 spiro atoms. The summed E-state index contributed by atoms with van der Waals surface area (Å²) >= 11 is 0. The molecule has 4 aliphatic carbocycles. The highest BCUT2D eigenvalue weighted by molar-refractivity contribution is 5.17. The molecule has 0 saturated heterocycles. The second-order valence-corrected chi connectivity index (χ2v) is 10.6. The first kappa shape index (κ1) is 14.8. The molecule has 4 rings (SSSR count). The maximum absolute atomic E-state index is 2.61. The average Bonchev–Trinajstić information content (AvgIpc) is 2.21. The number of quaternary nitrogens is 2. The fraction of sp³-hybridized carbons (Fsp3) is 1.00. The molecule has 0 amide bonds. The minimum absolute atomic E-state index is 0.500. The maximum Gasteiger partial charge on any atom is 0.108 e. The van der Waals surface area contributed by atoms with E-state index >= 15 is 0 Å². The van der Waals surface area contributed by atoms with Gasteiger partial charge in [-0.25, -0.2) is 0 Å². The van der Waals surface area contributed by atoms with E-state index in [1.807, 2.05) is 0 Å². The Hall–Kier alpha value is -0.0800. The maximum atomic E-state index is 2.61. The SMILES string of the molecule is CC1[C@@]2(C)C[C@@H]3C[C@]([N+](C)(C)C)(C2)C[C@@]1([N+](C)(C)C)C3. The molecular weight excluding hydrogens is 244 g/mol. The van der Waals surface area contributed by atoms with E-state index in [2.05, 4.69) is 56.1 Å². The first-order valence-electron chi connectivity index (χ1n) is 8.48. The smallest absolute Gasteiger partial charge is 0.108 e. The predicted molar refractivity (Wildman–Crippen MR) is 85.4 cm³/mol. The van der Waals surface area contributed by atoms with E-state index in [0.717, 1.165) is 20.8 Å². The monoisotopic (exact) mass is 280 g/mol. The van der Waals surface area contributed by atoms with Gasteiger partial charge in [-0.2, -0.15) is 0 Å². The van der Waals surface area contributed by atoms with Crippen LogP contribution in [0, 0.1) is 17.3 Å². The summed E-state index contributed by atoms with van der Waals surface area (Å²) in [5.41, 5.74) is 1.59. The predicted octanol–water partition coefficient (Wildman–Crippen LogP) is 3.13. The Bertz CT molecular complexity index is 430. The minimum Gasteiger partial charge on any atom is -0.326 e. The molecule has 0 N–H and O–H groups in total. The number of rotatable bonds is 2. The van der Waals surface area contributed by atoms with Gasteiger partial charge in [0, 0.05) is 25.2 Å². The third-order valence-corrected chi connectivity index (χ3v) is 8.04. The van der Waals surface area contributed by atoms with E-state index in [9.17, 15) is 0 Å². The fourth-order valence-electron chi connectivity index (χ4n) is 6.73. The zero-order chi connectivity index (χ0) is 15.2. The standard InChI is InChI=1S/C18H36N2/c1-14-16(2)9-15-10-17(12-16,19(3,4)5)13-18(14,11-15)20(6,7)8/h14-15H,9-13H2,1-8H3/q+2/t14?,15-,16+,17+,18+/m1/s1. The molecule has 2 heteroatoms. The normalized spacial score (nSPS) is 51.6. The average molecular weight is 280 g/mol. The Balaban J connectivity index is 2.15. The van der Waals surface area contributed by atoms with Crippen molar-refractivity contribution in [2.45, 2.75) is 57.0 Å². The molecule has 20 heavy (non-hydrogen) atoms. The van der Waals surface area contributed by atoms with Crippen LogP contribution < -0.4 is 0 Å². The van der Waals surface area contributed by atoms with Crippen LogP contribution in [-0.4, -0.2) is 62.3 Å². The highest BCUT2D eigenvalue weighted by atomic mass is 15.4. The van der Waals surface area contributed by atoms with Gasteiger partial charge in [0.2, 0.25) is 0 Å². The largest absolute Gasteiger partial charge is 0.326 e. The van der Waals surface area contributed by atoms with Gasteiger partial charge < -0.3 is 8.97 Å². The fourth-order valence-corrected chi connectivity index (χ4v) is 6.73. The number of hydrogen-bond donors (Lipinski definition) is 0. The van der Waals surface area contributed by atoms with Gasteiger partial charge in [0.1, 0.15) is 11.1 Å². The highest BCUT2D eigenvalue weighted by Gasteiger charge is 2.73. The molecule has 0 aromatic carbocycles. The van der Waals surface area contributed by atoms with Gasteiger partial charge in [-0.1, -0.05) is 13.8 Å². The zero-order valence-corrected chi connectivity index (χ0v) is 15.1. The molecule has 4 aliphatic rings. The van der Waals surface area contributed by atoms with Crippen molar-refractivity contribution in [2.75, 3.05) is 42.3 Å². The molecular formula is C18H36N2+2. The Labute approximate surface area is 126 Å². The van der Waals surface area contributed by atoms with E-state index in [1.165, 1.54) is 32.1 Å². The van der Waals surface area contributed by atoms with Gasteiger partial charge in [0.05, 0.1) is 48.7 Å². The highest BCUT2D eigenvalue weighted by Crippen LogP contribution is 2.69. The summed E-state index contributed by atoms with van der Waals surface area (Å²) in [6, 6.07) is 0. The van der Waals surface area contributed by atoms with E-state index in [4.69, 9.17) is 0 Å². The summed E-state index contributed by atoms with van der Waals surface area (Å²) in [6.07, 6.45) is 7.30. The summed E-state index contributed by atoms with van der Waals surface area (Å²) in [6.45, 7) is 5.18. The van der Waals surface area contributed by atoms with E-state index in [-0.39, 0.29) is 0 Å². The summed E-state index contributed by atoms with van der Waals surface area (Å²) in [5.74, 6) is 1.82. The quantitative estimate of drug-likeness (QED) is 0.682. The molecule has 0 aromatic heterocycles. The lowest BCUT2D eigenvalue weighted by Crippen LogP contribution is -2.79. The van der Waals surface area contributed by atoms with E-state index in [1.54, 1.807) is 0 Å². The zero-order valence-electron chi connectivity index (χ0n) is 15.1. The number of hydrogen-bond acceptors (Lipinski definition) is 0. The van der Waals surface area contributed by atoms with Crippen molar-refractivity contribution >= 4 is 0 Å². The van der Waals surface area contributed by atoms with Crippen LogP contribution in [0.25, 0.3) is 0 Å². The van der Waals surface area contributed by atoms with Crippen LogP contribution >= 0.6 is 0 Å². The summed E-state index contributed by atoms with van der Waals surface area (Å²) in [7, 11) is 14.7. The number of nitrogens with zero attached hydrogens (tertiary/aromatic N) is 2. The first-order chi connectivity index (χ1) is 8.85. The second-order valence-electron chi connectivity index (χ2n) is 10.6. The summed E-state index contributed by atoms with van der Waals surface area (Å²) < 4.78 is 2.32. The molecule has 4 bridgehead atoms. The Kier molecular flexibility index (Phi) is 2.69. The van der Waals surface area contributed by atoms with E-state index in [0.29, 0.717) is 16.5 Å². The van der Waals surface area contributed by atoms with Crippen LogP contribution in [0.5, 0.6) is 0 Å². The van der Waals surface area contributed by atoms with Crippen LogP contribution in [0.4, 0.5) is 0 Å². The molecule has 4 saturated carbocycles.